The molecular weight excluding hydrogens is 334 g/mol. The van der Waals surface area contributed by atoms with Crippen LogP contribution in [0.2, 0.25) is 0 Å². The number of rotatable bonds is 7. The van der Waals surface area contributed by atoms with Gasteiger partial charge in [0, 0.05) is 30.3 Å². The number of anilines is 1. The molecule has 0 fully saturated rings. The minimum atomic E-state index is 0.0950. The van der Waals surface area contributed by atoms with Crippen LogP contribution in [0.5, 0.6) is 0 Å². The van der Waals surface area contributed by atoms with Crippen molar-refractivity contribution in [3.8, 4) is 0 Å². The summed E-state index contributed by atoms with van der Waals surface area (Å²) in [4.78, 5) is 4.83. The van der Waals surface area contributed by atoms with E-state index in [0.717, 1.165) is 49.4 Å². The highest BCUT2D eigenvalue weighted by molar-refractivity contribution is 6.00. The van der Waals surface area contributed by atoms with E-state index in [9.17, 15) is 0 Å². The molecular formula is C23H29N3O. The first-order chi connectivity index (χ1) is 13.3. The van der Waals surface area contributed by atoms with Gasteiger partial charge in [-0.1, -0.05) is 55.0 Å². The predicted octanol–water partition coefficient (Wildman–Crippen LogP) is 5.16. The van der Waals surface area contributed by atoms with E-state index < -0.39 is 0 Å². The van der Waals surface area contributed by atoms with Crippen LogP contribution in [0.1, 0.15) is 37.7 Å². The fraction of sp³-hybridized carbons (Fsp3) is 0.391. The molecule has 2 aromatic rings. The molecule has 2 N–H and O–H groups in total. The van der Waals surface area contributed by atoms with Gasteiger partial charge < -0.3 is 15.5 Å². The maximum absolute atomic E-state index is 8.80. The fourth-order valence-electron chi connectivity index (χ4n) is 3.60. The number of nitrogens with zero attached hydrogens (tertiary/aromatic N) is 1. The molecule has 2 atom stereocenters. The van der Waals surface area contributed by atoms with E-state index in [-0.39, 0.29) is 12.0 Å². The summed E-state index contributed by atoms with van der Waals surface area (Å²) in [6.45, 7) is 0.728. The van der Waals surface area contributed by atoms with E-state index in [2.05, 4.69) is 17.4 Å². The molecule has 0 aliphatic carbocycles. The van der Waals surface area contributed by atoms with E-state index in [1.807, 2.05) is 48.5 Å². The van der Waals surface area contributed by atoms with Crippen LogP contribution in [-0.2, 0) is 4.74 Å². The molecule has 0 amide bonds. The molecule has 2 aromatic carbocycles. The molecule has 1 heterocycles. The van der Waals surface area contributed by atoms with Crippen LogP contribution in [0.15, 0.2) is 65.7 Å². The van der Waals surface area contributed by atoms with Crippen molar-refractivity contribution in [2.75, 3.05) is 19.0 Å². The van der Waals surface area contributed by atoms with Crippen molar-refractivity contribution < 1.29 is 4.74 Å². The zero-order valence-corrected chi connectivity index (χ0v) is 16.0. The van der Waals surface area contributed by atoms with Crippen molar-refractivity contribution in [1.29, 1.82) is 5.41 Å². The Labute approximate surface area is 162 Å². The number of aliphatic imine (C=N–C) groups is 1. The number of nitrogens with one attached hydrogen (secondary N) is 2. The number of para-hydroxylation sites is 1. The lowest BCUT2D eigenvalue weighted by atomic mass is 9.89. The van der Waals surface area contributed by atoms with Gasteiger partial charge in [0.05, 0.1) is 13.2 Å². The van der Waals surface area contributed by atoms with Crippen LogP contribution >= 0.6 is 0 Å². The van der Waals surface area contributed by atoms with Gasteiger partial charge in [0.15, 0.2) is 5.90 Å². The van der Waals surface area contributed by atoms with Gasteiger partial charge in [0.2, 0.25) is 0 Å². The third-order valence-corrected chi connectivity index (χ3v) is 5.12. The van der Waals surface area contributed by atoms with Gasteiger partial charge in [0.25, 0.3) is 0 Å². The van der Waals surface area contributed by atoms with E-state index >= 15 is 0 Å². The van der Waals surface area contributed by atoms with Gasteiger partial charge in [-0.25, -0.2) is 0 Å². The van der Waals surface area contributed by atoms with E-state index in [1.54, 1.807) is 7.11 Å². The van der Waals surface area contributed by atoms with Gasteiger partial charge in [-0.2, -0.15) is 0 Å². The quantitative estimate of drug-likeness (QED) is 0.668. The molecule has 0 radical (unpaired) electrons. The molecule has 0 aromatic heterocycles. The Hall–Kier alpha value is -2.62. The standard InChI is InChI=1S/C23H29N3O/c1-27-22-15-9-8-14-21(26-22)16-19(17-25-20-12-6-3-7-13-20)23(24)18-10-4-2-5-11-18/h2-7,10-13,19,21,24-25H,8-9,14-17H2,1H3. The molecule has 27 heavy (non-hydrogen) atoms. The molecule has 1 aliphatic heterocycles. The second kappa shape index (κ2) is 9.91. The molecule has 1 aliphatic rings. The maximum Gasteiger partial charge on any atom is 0.183 e. The van der Waals surface area contributed by atoms with E-state index in [1.165, 1.54) is 6.42 Å². The van der Waals surface area contributed by atoms with Gasteiger partial charge >= 0.3 is 0 Å². The van der Waals surface area contributed by atoms with Crippen LogP contribution in [-0.4, -0.2) is 31.3 Å². The second-order valence-corrected chi connectivity index (χ2v) is 7.09. The topological polar surface area (TPSA) is 57.5 Å². The molecule has 0 saturated heterocycles. The Morgan fingerprint density at radius 3 is 2.52 bits per heavy atom. The smallest absolute Gasteiger partial charge is 0.183 e. The highest BCUT2D eigenvalue weighted by Crippen LogP contribution is 2.23. The van der Waals surface area contributed by atoms with Gasteiger partial charge in [0.1, 0.15) is 0 Å². The zero-order chi connectivity index (χ0) is 18.9. The van der Waals surface area contributed by atoms with Crippen molar-refractivity contribution >= 4 is 17.3 Å². The van der Waals surface area contributed by atoms with Crippen molar-refractivity contribution in [2.45, 2.75) is 38.1 Å². The van der Waals surface area contributed by atoms with Gasteiger partial charge in [-0.3, -0.25) is 4.99 Å². The largest absolute Gasteiger partial charge is 0.484 e. The normalized spacial score (nSPS) is 18.1. The van der Waals surface area contributed by atoms with Crippen molar-refractivity contribution in [1.82, 2.24) is 0 Å². The Bertz CT molecular complexity index is 743. The Morgan fingerprint density at radius 1 is 1.11 bits per heavy atom. The first-order valence-corrected chi connectivity index (χ1v) is 9.79. The predicted molar refractivity (Wildman–Crippen MR) is 113 cm³/mol. The second-order valence-electron chi connectivity index (χ2n) is 7.09. The summed E-state index contributed by atoms with van der Waals surface area (Å²) in [7, 11) is 1.71. The summed E-state index contributed by atoms with van der Waals surface area (Å²) >= 11 is 0. The molecule has 142 valence electrons. The lowest BCUT2D eigenvalue weighted by Gasteiger charge is -2.23. The third-order valence-electron chi connectivity index (χ3n) is 5.12. The van der Waals surface area contributed by atoms with Crippen LogP contribution < -0.4 is 5.32 Å². The van der Waals surface area contributed by atoms with Crippen LogP contribution in [0.4, 0.5) is 5.69 Å². The number of benzene rings is 2. The zero-order valence-electron chi connectivity index (χ0n) is 16.0. The average molecular weight is 364 g/mol. The van der Waals surface area contributed by atoms with Crippen LogP contribution in [0, 0.1) is 11.3 Å². The van der Waals surface area contributed by atoms with Crippen molar-refractivity contribution in [3.63, 3.8) is 0 Å². The summed E-state index contributed by atoms with van der Waals surface area (Å²) in [5.41, 5.74) is 2.75. The summed E-state index contributed by atoms with van der Waals surface area (Å²) < 4.78 is 5.44. The number of methoxy groups -OCH3 is 1. The van der Waals surface area contributed by atoms with Gasteiger partial charge in [-0.05, 0) is 37.0 Å². The highest BCUT2D eigenvalue weighted by atomic mass is 16.5. The number of ether oxygens (including phenoxy) is 1. The molecule has 3 rings (SSSR count). The Kier molecular flexibility index (Phi) is 7.03. The van der Waals surface area contributed by atoms with Crippen LogP contribution in [0.3, 0.4) is 0 Å². The minimum Gasteiger partial charge on any atom is -0.484 e. The SMILES string of the molecule is COC1=NC(CC(CNc2ccccc2)C(=N)c2ccccc2)CCCC1. The molecule has 4 nitrogen and oxygen atoms in total. The van der Waals surface area contributed by atoms with Crippen molar-refractivity contribution in [2.24, 2.45) is 10.9 Å². The summed E-state index contributed by atoms with van der Waals surface area (Å²) in [6, 6.07) is 20.5. The molecule has 4 heteroatoms. The summed E-state index contributed by atoms with van der Waals surface area (Å²) in [6.07, 6.45) is 5.15. The summed E-state index contributed by atoms with van der Waals surface area (Å²) in [5, 5.41) is 12.3. The van der Waals surface area contributed by atoms with Crippen molar-refractivity contribution in [3.05, 3.63) is 66.2 Å². The summed E-state index contributed by atoms with van der Waals surface area (Å²) in [5.74, 6) is 0.955. The molecule has 0 spiro atoms. The third kappa shape index (κ3) is 5.68. The Morgan fingerprint density at radius 2 is 1.81 bits per heavy atom. The highest BCUT2D eigenvalue weighted by Gasteiger charge is 2.23. The maximum atomic E-state index is 8.80. The lowest BCUT2D eigenvalue weighted by Crippen LogP contribution is -2.27. The number of hydrogen-bond acceptors (Lipinski definition) is 4. The van der Waals surface area contributed by atoms with Gasteiger partial charge in [-0.15, -0.1) is 0 Å². The van der Waals surface area contributed by atoms with E-state index in [0.29, 0.717) is 5.71 Å². The first-order valence-electron chi connectivity index (χ1n) is 9.79. The molecule has 0 bridgehead atoms. The van der Waals surface area contributed by atoms with Crippen LogP contribution in [0.25, 0.3) is 0 Å². The average Bonchev–Trinajstić information content (AvgIpc) is 2.97. The lowest BCUT2D eigenvalue weighted by molar-refractivity contribution is 0.384. The fourth-order valence-corrected chi connectivity index (χ4v) is 3.60. The van der Waals surface area contributed by atoms with E-state index in [4.69, 9.17) is 15.1 Å². The minimum absolute atomic E-state index is 0.0950. The molecule has 0 saturated carbocycles. The Balaban J connectivity index is 1.75. The molecule has 2 unspecified atom stereocenters. The number of hydrogen-bond donors (Lipinski definition) is 2. The first kappa shape index (κ1) is 19.2. The monoisotopic (exact) mass is 363 g/mol.